The molecular formula is C14H23NS. The first-order valence-electron chi connectivity index (χ1n) is 6.01. The Hall–Kier alpha value is -0.600. The van der Waals surface area contributed by atoms with E-state index in [1.807, 2.05) is 6.08 Å². The van der Waals surface area contributed by atoms with Gasteiger partial charge in [0.1, 0.15) is 0 Å². The molecule has 0 aliphatic heterocycles. The maximum Gasteiger partial charge on any atom is 0.00820 e. The van der Waals surface area contributed by atoms with Gasteiger partial charge in [0.15, 0.2) is 0 Å². The van der Waals surface area contributed by atoms with Crippen LogP contribution in [0.3, 0.4) is 0 Å². The van der Waals surface area contributed by atoms with Crippen LogP contribution in [0.25, 0.3) is 0 Å². The lowest BCUT2D eigenvalue weighted by Gasteiger charge is -2.24. The second-order valence-corrected chi connectivity index (χ2v) is 5.47. The molecular weight excluding hydrogens is 214 g/mol. The van der Waals surface area contributed by atoms with E-state index < -0.39 is 0 Å². The monoisotopic (exact) mass is 237 g/mol. The van der Waals surface area contributed by atoms with Crippen LogP contribution in [0.1, 0.15) is 32.8 Å². The molecule has 16 heavy (non-hydrogen) atoms. The van der Waals surface area contributed by atoms with Crippen molar-refractivity contribution in [2.24, 2.45) is 5.92 Å². The Morgan fingerprint density at radius 3 is 2.75 bits per heavy atom. The standard InChI is InChI=1S/C14H23NS/c1-5-6-11(2)13(4)15-12(3)9-14-7-8-16-10-14/h5,7-8,10-13,15H,1,6,9H2,2-4H3. The van der Waals surface area contributed by atoms with Crippen LogP contribution in [0.2, 0.25) is 0 Å². The van der Waals surface area contributed by atoms with Gasteiger partial charge in [-0.1, -0.05) is 13.0 Å². The Labute approximate surface area is 104 Å². The predicted molar refractivity (Wildman–Crippen MR) is 74.1 cm³/mol. The van der Waals surface area contributed by atoms with Crippen LogP contribution in [0.4, 0.5) is 0 Å². The summed E-state index contributed by atoms with van der Waals surface area (Å²) < 4.78 is 0. The maximum absolute atomic E-state index is 3.80. The molecule has 0 fully saturated rings. The van der Waals surface area contributed by atoms with Crippen molar-refractivity contribution in [1.29, 1.82) is 0 Å². The Kier molecular flexibility index (Phi) is 5.78. The van der Waals surface area contributed by atoms with E-state index >= 15 is 0 Å². The van der Waals surface area contributed by atoms with Crippen LogP contribution in [0, 0.1) is 5.92 Å². The summed E-state index contributed by atoms with van der Waals surface area (Å²) in [6, 6.07) is 3.30. The molecule has 0 bridgehead atoms. The summed E-state index contributed by atoms with van der Waals surface area (Å²) in [5.41, 5.74) is 1.44. The SMILES string of the molecule is C=CCC(C)C(C)NC(C)Cc1ccsc1. The van der Waals surface area contributed by atoms with E-state index in [4.69, 9.17) is 0 Å². The van der Waals surface area contributed by atoms with Gasteiger partial charge in [0.25, 0.3) is 0 Å². The van der Waals surface area contributed by atoms with Gasteiger partial charge in [0.05, 0.1) is 0 Å². The van der Waals surface area contributed by atoms with Gasteiger partial charge in [-0.2, -0.15) is 11.3 Å². The van der Waals surface area contributed by atoms with Gasteiger partial charge in [0.2, 0.25) is 0 Å². The fourth-order valence-corrected chi connectivity index (χ4v) is 2.58. The molecule has 0 aliphatic rings. The summed E-state index contributed by atoms with van der Waals surface area (Å²) in [6.07, 6.45) is 4.21. The molecule has 0 amide bonds. The van der Waals surface area contributed by atoms with Crippen LogP contribution in [0.5, 0.6) is 0 Å². The molecule has 1 nitrogen and oxygen atoms in total. The van der Waals surface area contributed by atoms with Crippen molar-refractivity contribution >= 4 is 11.3 Å². The minimum absolute atomic E-state index is 0.539. The van der Waals surface area contributed by atoms with Gasteiger partial charge in [-0.25, -0.2) is 0 Å². The summed E-state index contributed by atoms with van der Waals surface area (Å²) in [7, 11) is 0. The molecule has 0 spiro atoms. The summed E-state index contributed by atoms with van der Waals surface area (Å²) in [5.74, 6) is 0.655. The topological polar surface area (TPSA) is 12.0 Å². The van der Waals surface area contributed by atoms with Gasteiger partial charge in [-0.3, -0.25) is 0 Å². The first-order chi connectivity index (χ1) is 7.63. The molecule has 0 radical (unpaired) electrons. The third-order valence-electron chi connectivity index (χ3n) is 3.06. The molecule has 0 saturated heterocycles. The van der Waals surface area contributed by atoms with Gasteiger partial charge in [-0.05, 0) is 55.0 Å². The highest BCUT2D eigenvalue weighted by atomic mass is 32.1. The van der Waals surface area contributed by atoms with E-state index in [1.165, 1.54) is 5.56 Å². The summed E-state index contributed by atoms with van der Waals surface area (Å²) in [5, 5.41) is 8.04. The normalized spacial score (nSPS) is 16.7. The van der Waals surface area contributed by atoms with Gasteiger partial charge in [0, 0.05) is 12.1 Å². The fraction of sp³-hybridized carbons (Fsp3) is 0.571. The lowest BCUT2D eigenvalue weighted by molar-refractivity contribution is 0.365. The molecule has 1 aromatic heterocycles. The fourth-order valence-electron chi connectivity index (χ4n) is 1.90. The third-order valence-corrected chi connectivity index (χ3v) is 3.79. The molecule has 3 atom stereocenters. The second kappa shape index (κ2) is 6.87. The molecule has 1 N–H and O–H groups in total. The van der Waals surface area contributed by atoms with E-state index in [0.29, 0.717) is 18.0 Å². The molecule has 1 rings (SSSR count). The lowest BCUT2D eigenvalue weighted by atomic mass is 9.98. The van der Waals surface area contributed by atoms with Crippen molar-refractivity contribution in [3.63, 3.8) is 0 Å². The van der Waals surface area contributed by atoms with E-state index in [1.54, 1.807) is 11.3 Å². The minimum Gasteiger partial charge on any atom is -0.311 e. The van der Waals surface area contributed by atoms with Crippen LogP contribution in [0.15, 0.2) is 29.5 Å². The first kappa shape index (κ1) is 13.5. The number of allylic oxidation sites excluding steroid dienone is 1. The van der Waals surface area contributed by atoms with Crippen LogP contribution in [-0.4, -0.2) is 12.1 Å². The predicted octanol–water partition coefficient (Wildman–Crippen LogP) is 3.87. The van der Waals surface area contributed by atoms with E-state index in [0.717, 1.165) is 12.8 Å². The number of thiophene rings is 1. The average Bonchev–Trinajstić information content (AvgIpc) is 2.70. The van der Waals surface area contributed by atoms with Gasteiger partial charge < -0.3 is 5.32 Å². The molecule has 0 saturated carbocycles. The van der Waals surface area contributed by atoms with Gasteiger partial charge >= 0.3 is 0 Å². The second-order valence-electron chi connectivity index (χ2n) is 4.69. The highest BCUT2D eigenvalue weighted by Gasteiger charge is 2.13. The van der Waals surface area contributed by atoms with Gasteiger partial charge in [-0.15, -0.1) is 6.58 Å². The van der Waals surface area contributed by atoms with Crippen LogP contribution >= 0.6 is 11.3 Å². The lowest BCUT2D eigenvalue weighted by Crippen LogP contribution is -2.39. The molecule has 3 unspecified atom stereocenters. The summed E-state index contributed by atoms with van der Waals surface area (Å²) in [4.78, 5) is 0. The zero-order valence-corrected chi connectivity index (χ0v) is 11.4. The zero-order valence-electron chi connectivity index (χ0n) is 10.6. The van der Waals surface area contributed by atoms with E-state index in [-0.39, 0.29) is 0 Å². The molecule has 1 heterocycles. The Morgan fingerprint density at radius 1 is 1.44 bits per heavy atom. The number of hydrogen-bond acceptors (Lipinski definition) is 2. The maximum atomic E-state index is 3.80. The first-order valence-corrected chi connectivity index (χ1v) is 6.95. The van der Waals surface area contributed by atoms with Crippen molar-refractivity contribution in [3.8, 4) is 0 Å². The molecule has 2 heteroatoms. The van der Waals surface area contributed by atoms with Crippen molar-refractivity contribution in [2.45, 2.75) is 45.7 Å². The Morgan fingerprint density at radius 2 is 2.19 bits per heavy atom. The largest absolute Gasteiger partial charge is 0.311 e. The summed E-state index contributed by atoms with van der Waals surface area (Å²) in [6.45, 7) is 10.6. The quantitative estimate of drug-likeness (QED) is 0.710. The highest BCUT2D eigenvalue weighted by molar-refractivity contribution is 7.07. The van der Waals surface area contributed by atoms with Crippen molar-refractivity contribution in [2.75, 3.05) is 0 Å². The number of nitrogens with one attached hydrogen (secondary N) is 1. The van der Waals surface area contributed by atoms with Crippen molar-refractivity contribution in [1.82, 2.24) is 5.32 Å². The molecule has 0 aliphatic carbocycles. The Balaban J connectivity index is 2.33. The molecule has 90 valence electrons. The number of rotatable bonds is 7. The van der Waals surface area contributed by atoms with Crippen LogP contribution in [-0.2, 0) is 6.42 Å². The highest BCUT2D eigenvalue weighted by Crippen LogP contribution is 2.12. The van der Waals surface area contributed by atoms with E-state index in [2.05, 4.69) is 49.5 Å². The minimum atomic E-state index is 0.539. The smallest absolute Gasteiger partial charge is 0.00820 e. The van der Waals surface area contributed by atoms with E-state index in [9.17, 15) is 0 Å². The average molecular weight is 237 g/mol. The van der Waals surface area contributed by atoms with Crippen LogP contribution < -0.4 is 5.32 Å². The molecule has 1 aromatic rings. The zero-order chi connectivity index (χ0) is 12.0. The third kappa shape index (κ3) is 4.50. The molecule has 0 aromatic carbocycles. The van der Waals surface area contributed by atoms with Crippen molar-refractivity contribution in [3.05, 3.63) is 35.0 Å². The number of hydrogen-bond donors (Lipinski definition) is 1. The van der Waals surface area contributed by atoms with Crippen molar-refractivity contribution < 1.29 is 0 Å². The summed E-state index contributed by atoms with van der Waals surface area (Å²) >= 11 is 1.77. The Bertz CT molecular complexity index is 292.